The van der Waals surface area contributed by atoms with Gasteiger partial charge in [0.1, 0.15) is 0 Å². The number of hydrogen-bond acceptors (Lipinski definition) is 3. The van der Waals surface area contributed by atoms with Gasteiger partial charge in [-0.3, -0.25) is 5.84 Å². The highest BCUT2D eigenvalue weighted by Crippen LogP contribution is 2.37. The molecule has 3 N–H and O–H groups in total. The quantitative estimate of drug-likeness (QED) is 0.567. The van der Waals surface area contributed by atoms with Crippen molar-refractivity contribution in [2.24, 2.45) is 5.84 Å². The third kappa shape index (κ3) is 2.18. The van der Waals surface area contributed by atoms with E-state index in [4.69, 9.17) is 5.84 Å². The fourth-order valence-electron chi connectivity index (χ4n) is 3.32. The van der Waals surface area contributed by atoms with Crippen LogP contribution in [-0.2, 0) is 12.8 Å². The molecular formula is C18H18N2S. The van der Waals surface area contributed by atoms with Crippen molar-refractivity contribution >= 4 is 22.1 Å². The summed E-state index contributed by atoms with van der Waals surface area (Å²) in [6.07, 6.45) is 3.75. The van der Waals surface area contributed by atoms with E-state index in [-0.39, 0.29) is 6.04 Å². The Morgan fingerprint density at radius 3 is 2.76 bits per heavy atom. The summed E-state index contributed by atoms with van der Waals surface area (Å²) >= 11 is 1.92. The lowest BCUT2D eigenvalue weighted by Crippen LogP contribution is -2.28. The summed E-state index contributed by atoms with van der Waals surface area (Å²) in [5, 5.41) is 2.54. The van der Waals surface area contributed by atoms with E-state index < -0.39 is 0 Å². The topological polar surface area (TPSA) is 38.0 Å². The Bertz CT molecular complexity index is 764. The van der Waals surface area contributed by atoms with Gasteiger partial charge in [0.05, 0.1) is 6.04 Å². The van der Waals surface area contributed by atoms with Crippen molar-refractivity contribution in [3.63, 3.8) is 0 Å². The lowest BCUT2D eigenvalue weighted by atomic mass is 9.98. The monoisotopic (exact) mass is 294 g/mol. The van der Waals surface area contributed by atoms with Gasteiger partial charge in [-0.25, -0.2) is 5.43 Å². The smallest absolute Gasteiger partial charge is 0.0808 e. The van der Waals surface area contributed by atoms with Gasteiger partial charge in [0, 0.05) is 9.75 Å². The Balaban J connectivity index is 1.84. The zero-order valence-electron chi connectivity index (χ0n) is 11.8. The minimum Gasteiger partial charge on any atom is -0.271 e. The van der Waals surface area contributed by atoms with Crippen LogP contribution in [-0.4, -0.2) is 0 Å². The third-order valence-corrected chi connectivity index (χ3v) is 5.65. The summed E-state index contributed by atoms with van der Waals surface area (Å²) in [5.74, 6) is 5.90. The Hall–Kier alpha value is -1.68. The van der Waals surface area contributed by atoms with Gasteiger partial charge in [-0.15, -0.1) is 11.3 Å². The van der Waals surface area contributed by atoms with Gasteiger partial charge < -0.3 is 0 Å². The Morgan fingerprint density at radius 1 is 1.05 bits per heavy atom. The molecule has 0 radical (unpaired) electrons. The summed E-state index contributed by atoms with van der Waals surface area (Å²) in [4.78, 5) is 2.88. The first kappa shape index (κ1) is 13.0. The van der Waals surface area contributed by atoms with E-state index in [0.717, 1.165) is 0 Å². The van der Waals surface area contributed by atoms with Gasteiger partial charge in [0.15, 0.2) is 0 Å². The normalized spacial score (nSPS) is 15.3. The zero-order chi connectivity index (χ0) is 14.2. The average molecular weight is 294 g/mol. The highest BCUT2D eigenvalue weighted by Gasteiger charge is 2.21. The molecule has 4 rings (SSSR count). The maximum atomic E-state index is 5.90. The van der Waals surface area contributed by atoms with Crippen molar-refractivity contribution in [2.75, 3.05) is 0 Å². The second kappa shape index (κ2) is 5.26. The molecule has 1 aliphatic carbocycles. The molecule has 0 spiro atoms. The summed E-state index contributed by atoms with van der Waals surface area (Å²) in [5.41, 5.74) is 5.81. The van der Waals surface area contributed by atoms with Gasteiger partial charge in [-0.05, 0) is 47.2 Å². The number of fused-ring (bicyclic) bond motifs is 2. The van der Waals surface area contributed by atoms with E-state index in [9.17, 15) is 0 Å². The second-order valence-electron chi connectivity index (χ2n) is 5.62. The first-order valence-corrected chi connectivity index (χ1v) is 8.24. The molecule has 21 heavy (non-hydrogen) atoms. The van der Waals surface area contributed by atoms with Crippen molar-refractivity contribution in [1.29, 1.82) is 0 Å². The molecule has 1 unspecified atom stereocenters. The van der Waals surface area contributed by atoms with Gasteiger partial charge in [-0.1, -0.05) is 42.5 Å². The molecule has 0 aliphatic heterocycles. The lowest BCUT2D eigenvalue weighted by molar-refractivity contribution is 0.650. The Kier molecular flexibility index (Phi) is 3.26. The van der Waals surface area contributed by atoms with Crippen LogP contribution in [0.15, 0.2) is 48.5 Å². The Labute approximate surface area is 128 Å². The highest BCUT2D eigenvalue weighted by atomic mass is 32.1. The summed E-state index contributed by atoms with van der Waals surface area (Å²) in [6.45, 7) is 0. The summed E-state index contributed by atoms with van der Waals surface area (Å²) in [6, 6.07) is 17.4. The lowest BCUT2D eigenvalue weighted by Gasteiger charge is -2.17. The van der Waals surface area contributed by atoms with Crippen LogP contribution >= 0.6 is 11.3 Å². The third-order valence-electron chi connectivity index (χ3n) is 4.35. The molecule has 1 aliphatic rings. The molecule has 2 nitrogen and oxygen atoms in total. The van der Waals surface area contributed by atoms with Gasteiger partial charge in [0.25, 0.3) is 0 Å². The molecule has 1 aromatic heterocycles. The maximum absolute atomic E-state index is 5.90. The van der Waals surface area contributed by atoms with Crippen LogP contribution in [0.2, 0.25) is 0 Å². The summed E-state index contributed by atoms with van der Waals surface area (Å²) < 4.78 is 0. The van der Waals surface area contributed by atoms with Gasteiger partial charge in [0.2, 0.25) is 0 Å². The number of nitrogens with one attached hydrogen (secondary N) is 1. The molecule has 0 fully saturated rings. The largest absolute Gasteiger partial charge is 0.271 e. The predicted molar refractivity (Wildman–Crippen MR) is 89.5 cm³/mol. The molecule has 106 valence electrons. The number of thiophene rings is 1. The van der Waals surface area contributed by atoms with E-state index in [1.54, 1.807) is 4.88 Å². The van der Waals surface area contributed by atoms with Gasteiger partial charge >= 0.3 is 0 Å². The zero-order valence-corrected chi connectivity index (χ0v) is 12.6. The molecule has 2 aromatic carbocycles. The fourth-order valence-corrected chi connectivity index (χ4v) is 4.66. The highest BCUT2D eigenvalue weighted by molar-refractivity contribution is 7.12. The fraction of sp³-hybridized carbons (Fsp3) is 0.222. The van der Waals surface area contributed by atoms with E-state index in [0.29, 0.717) is 0 Å². The Morgan fingerprint density at radius 2 is 1.90 bits per heavy atom. The van der Waals surface area contributed by atoms with E-state index in [1.807, 2.05) is 11.3 Å². The number of rotatable bonds is 3. The first-order valence-electron chi connectivity index (χ1n) is 7.42. The predicted octanol–water partition coefficient (Wildman–Crippen LogP) is 3.94. The number of hydrogen-bond donors (Lipinski definition) is 2. The van der Waals surface area contributed by atoms with Crippen LogP contribution in [0.4, 0.5) is 0 Å². The number of aryl methyl sites for hydroxylation is 2. The number of nitrogens with two attached hydrogens (primary N) is 1. The molecule has 0 saturated heterocycles. The number of hydrazine groups is 1. The van der Waals surface area contributed by atoms with Gasteiger partial charge in [-0.2, -0.15) is 0 Å². The second-order valence-corrected chi connectivity index (χ2v) is 6.79. The van der Waals surface area contributed by atoms with Crippen LogP contribution in [0.25, 0.3) is 10.8 Å². The minimum absolute atomic E-state index is 0.0756. The number of benzene rings is 2. The minimum atomic E-state index is 0.0756. The standard InChI is InChI=1S/C18H18N2S/c19-20-18(17-11-13-7-4-10-16(13)21-17)15-9-3-6-12-5-1-2-8-14(12)15/h1-3,5-6,8-9,11,18,20H,4,7,10,19H2. The van der Waals surface area contributed by atoms with Crippen molar-refractivity contribution in [2.45, 2.75) is 25.3 Å². The van der Waals surface area contributed by atoms with Crippen molar-refractivity contribution in [3.8, 4) is 0 Å². The van der Waals surface area contributed by atoms with Crippen LogP contribution in [0, 0.1) is 0 Å². The first-order chi connectivity index (χ1) is 10.4. The van der Waals surface area contributed by atoms with E-state index in [1.165, 1.54) is 46.0 Å². The summed E-state index contributed by atoms with van der Waals surface area (Å²) in [7, 11) is 0. The molecular weight excluding hydrogens is 276 g/mol. The van der Waals surface area contributed by atoms with Crippen LogP contribution in [0.5, 0.6) is 0 Å². The van der Waals surface area contributed by atoms with E-state index in [2.05, 4.69) is 54.0 Å². The average Bonchev–Trinajstić information content (AvgIpc) is 3.10. The SMILES string of the molecule is NNC(c1cc2c(s1)CCC2)c1cccc2ccccc12. The molecule has 1 heterocycles. The van der Waals surface area contributed by atoms with Crippen LogP contribution in [0.1, 0.15) is 33.3 Å². The van der Waals surface area contributed by atoms with Crippen LogP contribution < -0.4 is 11.3 Å². The van der Waals surface area contributed by atoms with Crippen molar-refractivity contribution in [3.05, 3.63) is 69.4 Å². The molecule has 0 amide bonds. The maximum Gasteiger partial charge on any atom is 0.0808 e. The van der Waals surface area contributed by atoms with Crippen molar-refractivity contribution < 1.29 is 0 Å². The molecule has 3 heteroatoms. The van der Waals surface area contributed by atoms with Crippen LogP contribution in [0.3, 0.4) is 0 Å². The molecule has 0 bridgehead atoms. The molecule has 3 aromatic rings. The molecule has 1 atom stereocenters. The van der Waals surface area contributed by atoms with E-state index >= 15 is 0 Å². The van der Waals surface area contributed by atoms with Crippen molar-refractivity contribution in [1.82, 2.24) is 5.43 Å². The molecule has 0 saturated carbocycles.